The predicted octanol–water partition coefficient (Wildman–Crippen LogP) is 0.682. The van der Waals surface area contributed by atoms with Gasteiger partial charge in [0.05, 0.1) is 0 Å². The van der Waals surface area contributed by atoms with Crippen LogP contribution in [-0.4, -0.2) is 66.1 Å². The summed E-state index contributed by atoms with van der Waals surface area (Å²) in [7, 11) is 4.33. The fourth-order valence-corrected chi connectivity index (χ4v) is 2.56. The predicted molar refractivity (Wildman–Crippen MR) is 87.3 cm³/mol. The van der Waals surface area contributed by atoms with Crippen LogP contribution in [0.25, 0.3) is 0 Å². The van der Waals surface area contributed by atoms with Crippen molar-refractivity contribution in [2.24, 2.45) is 5.73 Å². The number of nitrogens with two attached hydrogens (primary N) is 1. The van der Waals surface area contributed by atoms with Crippen molar-refractivity contribution in [3.05, 3.63) is 23.4 Å². The molecule has 0 radical (unpaired) electrons. The maximum Gasteiger partial charge on any atom is 0.126 e. The summed E-state index contributed by atoms with van der Waals surface area (Å²) in [5.74, 6) is 0.842. The summed E-state index contributed by atoms with van der Waals surface area (Å²) < 4.78 is 0. The first-order valence-corrected chi connectivity index (χ1v) is 7.27. The minimum absolute atomic E-state index is 0.410. The Bertz CT molecular complexity index is 490. The molecular weight excluding hydrogens is 270 g/mol. The van der Waals surface area contributed by atoms with Gasteiger partial charge in [-0.3, -0.25) is 4.90 Å². The lowest BCUT2D eigenvalue weighted by Crippen LogP contribution is -2.52. The number of thiocarbonyl (C=S) groups is 1. The Morgan fingerprint density at radius 2 is 2.20 bits per heavy atom. The lowest BCUT2D eigenvalue weighted by molar-refractivity contribution is 0.122. The van der Waals surface area contributed by atoms with Crippen LogP contribution >= 0.6 is 12.2 Å². The fraction of sp³-hybridized carbons (Fsp3) is 0.571. The number of hydrogen-bond acceptors (Lipinski definition) is 5. The molecule has 1 fully saturated rings. The van der Waals surface area contributed by atoms with Gasteiger partial charge in [0.2, 0.25) is 0 Å². The van der Waals surface area contributed by atoms with Crippen molar-refractivity contribution in [2.45, 2.75) is 13.0 Å². The highest BCUT2D eigenvalue weighted by molar-refractivity contribution is 7.80. The Morgan fingerprint density at radius 1 is 1.45 bits per heavy atom. The fourth-order valence-electron chi connectivity index (χ4n) is 2.45. The first kappa shape index (κ1) is 15.2. The average Bonchev–Trinajstić information content (AvgIpc) is 2.39. The zero-order valence-electron chi connectivity index (χ0n) is 12.4. The van der Waals surface area contributed by atoms with Crippen molar-refractivity contribution in [3.8, 4) is 0 Å². The van der Waals surface area contributed by atoms with Crippen LogP contribution in [0, 0.1) is 6.92 Å². The molecule has 5 nitrogen and oxygen atoms in total. The summed E-state index contributed by atoms with van der Waals surface area (Å²) in [6.07, 6.45) is 0. The van der Waals surface area contributed by atoms with E-state index in [0.717, 1.165) is 43.3 Å². The van der Waals surface area contributed by atoms with Gasteiger partial charge in [0, 0.05) is 43.5 Å². The second-order valence-electron chi connectivity index (χ2n) is 5.52. The second kappa shape index (κ2) is 6.47. The van der Waals surface area contributed by atoms with Crippen LogP contribution in [0.5, 0.6) is 0 Å². The third-order valence-corrected chi connectivity index (χ3v) is 3.97. The Kier molecular flexibility index (Phi) is 4.91. The molecule has 0 aliphatic carbocycles. The first-order valence-electron chi connectivity index (χ1n) is 6.87. The zero-order valence-corrected chi connectivity index (χ0v) is 13.2. The van der Waals surface area contributed by atoms with Gasteiger partial charge in [0.15, 0.2) is 0 Å². The summed E-state index contributed by atoms with van der Waals surface area (Å²) >= 11 is 5.03. The number of likely N-dealkylation sites (N-methyl/N-ethyl adjacent to an activating group) is 2. The Labute approximate surface area is 126 Å². The molecular formula is C14H23N5S. The van der Waals surface area contributed by atoms with Crippen LogP contribution in [0.3, 0.4) is 0 Å². The third kappa shape index (κ3) is 3.88. The molecule has 110 valence electrons. The number of aromatic nitrogens is 1. The maximum atomic E-state index is 5.69. The average molecular weight is 293 g/mol. The van der Waals surface area contributed by atoms with Crippen LogP contribution in [0.2, 0.25) is 0 Å². The number of pyridine rings is 1. The van der Waals surface area contributed by atoms with Gasteiger partial charge in [0.1, 0.15) is 10.8 Å². The van der Waals surface area contributed by atoms with E-state index in [1.807, 2.05) is 19.1 Å². The summed E-state index contributed by atoms with van der Waals surface area (Å²) in [6, 6.07) is 4.32. The van der Waals surface area contributed by atoms with E-state index in [-0.39, 0.29) is 0 Å². The summed E-state index contributed by atoms with van der Waals surface area (Å²) in [5, 5.41) is 3.41. The molecule has 0 saturated carbocycles. The number of aryl methyl sites for hydroxylation is 1. The maximum absolute atomic E-state index is 5.69. The van der Waals surface area contributed by atoms with E-state index in [9.17, 15) is 0 Å². The van der Waals surface area contributed by atoms with Crippen LogP contribution in [0.4, 0.5) is 5.82 Å². The van der Waals surface area contributed by atoms with Gasteiger partial charge in [-0.25, -0.2) is 4.98 Å². The standard InChI is InChI=1S/C14H23N5S/c1-10-6-11(14(15)20)7-13(17-10)16-8-12-9-18(2)4-5-19(12)3/h6-7,12H,4-5,8-9H2,1-3H3,(H2,15,20)(H,16,17). The number of anilines is 1. The largest absolute Gasteiger partial charge is 0.389 e. The molecule has 6 heteroatoms. The zero-order chi connectivity index (χ0) is 14.7. The summed E-state index contributed by atoms with van der Waals surface area (Å²) in [6.45, 7) is 6.11. The molecule has 2 heterocycles. The van der Waals surface area contributed by atoms with E-state index >= 15 is 0 Å². The molecule has 1 unspecified atom stereocenters. The lowest BCUT2D eigenvalue weighted by atomic mass is 10.2. The molecule has 3 N–H and O–H groups in total. The van der Waals surface area contributed by atoms with Gasteiger partial charge >= 0.3 is 0 Å². The molecule has 1 aromatic rings. The van der Waals surface area contributed by atoms with E-state index in [1.54, 1.807) is 0 Å². The number of piperazine rings is 1. The smallest absolute Gasteiger partial charge is 0.126 e. The molecule has 1 atom stereocenters. The van der Waals surface area contributed by atoms with Crippen molar-refractivity contribution in [2.75, 3.05) is 45.6 Å². The quantitative estimate of drug-likeness (QED) is 0.796. The summed E-state index contributed by atoms with van der Waals surface area (Å²) in [4.78, 5) is 9.64. The molecule has 0 aromatic carbocycles. The molecule has 1 aliphatic rings. The highest BCUT2D eigenvalue weighted by Crippen LogP contribution is 2.12. The summed E-state index contributed by atoms with van der Waals surface area (Å²) in [5.41, 5.74) is 7.48. The molecule has 0 bridgehead atoms. The van der Waals surface area contributed by atoms with Crippen molar-refractivity contribution in [1.29, 1.82) is 0 Å². The SMILES string of the molecule is Cc1cc(C(N)=S)cc(NCC2CN(C)CCN2C)n1. The van der Waals surface area contributed by atoms with Crippen molar-refractivity contribution < 1.29 is 0 Å². The Hall–Kier alpha value is -1.24. The van der Waals surface area contributed by atoms with E-state index < -0.39 is 0 Å². The van der Waals surface area contributed by atoms with Crippen molar-refractivity contribution >= 4 is 23.0 Å². The number of rotatable bonds is 4. The minimum atomic E-state index is 0.410. The molecule has 0 spiro atoms. The van der Waals surface area contributed by atoms with E-state index in [4.69, 9.17) is 18.0 Å². The van der Waals surface area contributed by atoms with Crippen molar-refractivity contribution in [3.63, 3.8) is 0 Å². The third-order valence-electron chi connectivity index (χ3n) is 3.74. The highest BCUT2D eigenvalue weighted by Gasteiger charge is 2.21. The molecule has 1 aromatic heterocycles. The minimum Gasteiger partial charge on any atom is -0.389 e. The molecule has 1 saturated heterocycles. The van der Waals surface area contributed by atoms with Gasteiger partial charge in [-0.2, -0.15) is 0 Å². The Morgan fingerprint density at radius 3 is 2.90 bits per heavy atom. The van der Waals surface area contributed by atoms with E-state index in [0.29, 0.717) is 11.0 Å². The second-order valence-corrected chi connectivity index (χ2v) is 5.96. The van der Waals surface area contributed by atoms with Gasteiger partial charge in [-0.05, 0) is 33.2 Å². The van der Waals surface area contributed by atoms with Crippen LogP contribution in [-0.2, 0) is 0 Å². The number of nitrogens with one attached hydrogen (secondary N) is 1. The van der Waals surface area contributed by atoms with E-state index in [2.05, 4.69) is 34.2 Å². The molecule has 20 heavy (non-hydrogen) atoms. The highest BCUT2D eigenvalue weighted by atomic mass is 32.1. The van der Waals surface area contributed by atoms with Gasteiger partial charge < -0.3 is 16.0 Å². The monoisotopic (exact) mass is 293 g/mol. The lowest BCUT2D eigenvalue weighted by Gasteiger charge is -2.37. The van der Waals surface area contributed by atoms with Gasteiger partial charge in [-0.1, -0.05) is 12.2 Å². The number of hydrogen-bond donors (Lipinski definition) is 2. The first-order chi connectivity index (χ1) is 9.45. The normalized spacial score (nSPS) is 20.9. The van der Waals surface area contributed by atoms with Crippen LogP contribution in [0.1, 0.15) is 11.3 Å². The molecule has 2 rings (SSSR count). The molecule has 0 amide bonds. The topological polar surface area (TPSA) is 57.4 Å². The number of nitrogens with zero attached hydrogens (tertiary/aromatic N) is 3. The van der Waals surface area contributed by atoms with Crippen LogP contribution in [0.15, 0.2) is 12.1 Å². The van der Waals surface area contributed by atoms with Crippen molar-refractivity contribution in [1.82, 2.24) is 14.8 Å². The Balaban J connectivity index is 2.01. The van der Waals surface area contributed by atoms with Gasteiger partial charge in [-0.15, -0.1) is 0 Å². The van der Waals surface area contributed by atoms with Crippen LogP contribution < -0.4 is 11.1 Å². The van der Waals surface area contributed by atoms with E-state index in [1.165, 1.54) is 0 Å². The molecule has 1 aliphatic heterocycles. The van der Waals surface area contributed by atoms with Gasteiger partial charge in [0.25, 0.3) is 0 Å².